The van der Waals surface area contributed by atoms with Crippen molar-refractivity contribution in [1.82, 2.24) is 24.5 Å². The molecule has 2 heterocycles. The zero-order chi connectivity index (χ0) is 14.8. The first-order valence-corrected chi connectivity index (χ1v) is 7.42. The number of nitrogen functional groups attached to an aromatic ring is 1. The molecule has 21 heavy (non-hydrogen) atoms. The van der Waals surface area contributed by atoms with Crippen molar-refractivity contribution >= 4 is 49.4 Å². The smallest absolute Gasteiger partial charge is 0.241 e. The van der Waals surface area contributed by atoms with Crippen LogP contribution < -0.4 is 11.1 Å². The zero-order valence-electron chi connectivity index (χ0n) is 10.5. The Morgan fingerprint density at radius 2 is 2.00 bits per heavy atom. The van der Waals surface area contributed by atoms with Crippen LogP contribution in [0.4, 0.5) is 17.6 Å². The molecular weight excluding hydrogens is 402 g/mol. The van der Waals surface area contributed by atoms with Crippen molar-refractivity contribution in [3.8, 4) is 5.95 Å². The summed E-state index contributed by atoms with van der Waals surface area (Å²) in [5.74, 6) is 0.884. The van der Waals surface area contributed by atoms with Crippen molar-refractivity contribution in [1.29, 1.82) is 0 Å². The molecule has 3 aromatic rings. The summed E-state index contributed by atoms with van der Waals surface area (Å²) in [4.78, 5) is 16.4. The molecule has 0 aliphatic heterocycles. The van der Waals surface area contributed by atoms with Crippen LogP contribution in [0.25, 0.3) is 5.95 Å². The molecule has 0 radical (unpaired) electrons. The number of anilines is 3. The van der Waals surface area contributed by atoms with Crippen molar-refractivity contribution in [2.75, 3.05) is 11.1 Å². The number of nitrogens with two attached hydrogens (primary N) is 1. The van der Waals surface area contributed by atoms with Crippen LogP contribution in [-0.4, -0.2) is 24.5 Å². The lowest BCUT2D eigenvalue weighted by atomic mass is 10.3. The van der Waals surface area contributed by atoms with E-state index >= 15 is 0 Å². The maximum atomic E-state index is 5.73. The van der Waals surface area contributed by atoms with Crippen LogP contribution in [0.2, 0.25) is 0 Å². The average Bonchev–Trinajstić information content (AvgIpc) is 2.95. The lowest BCUT2D eigenvalue weighted by Gasteiger charge is -2.09. The average molecular weight is 411 g/mol. The van der Waals surface area contributed by atoms with Crippen LogP contribution in [0.3, 0.4) is 0 Å². The summed E-state index contributed by atoms with van der Waals surface area (Å²) in [6.07, 6.45) is 4.96. The number of hydrogen-bond donors (Lipinski definition) is 2. The van der Waals surface area contributed by atoms with E-state index in [0.717, 1.165) is 14.6 Å². The normalized spacial score (nSPS) is 10.6. The monoisotopic (exact) mass is 409 g/mol. The molecule has 106 valence electrons. The van der Waals surface area contributed by atoms with Gasteiger partial charge in [0.05, 0.1) is 5.69 Å². The molecule has 0 fully saturated rings. The third-order valence-corrected chi connectivity index (χ3v) is 3.70. The van der Waals surface area contributed by atoms with Crippen LogP contribution in [0.1, 0.15) is 0 Å². The zero-order valence-corrected chi connectivity index (χ0v) is 13.7. The molecule has 2 aromatic heterocycles. The molecular formula is C12H9Br2N7. The molecule has 0 saturated heterocycles. The molecule has 0 aliphatic carbocycles. The van der Waals surface area contributed by atoms with Crippen LogP contribution in [0, 0.1) is 0 Å². The molecule has 9 heteroatoms. The Balaban J connectivity index is 1.95. The Kier molecular flexibility index (Phi) is 3.84. The molecule has 0 saturated carbocycles. The first-order chi connectivity index (χ1) is 10.1. The minimum atomic E-state index is 0.129. The molecule has 3 rings (SSSR count). The van der Waals surface area contributed by atoms with Gasteiger partial charge in [-0.3, -0.25) is 4.57 Å². The number of hydrogen-bond acceptors (Lipinski definition) is 6. The second-order valence-corrected chi connectivity index (χ2v) is 5.81. The van der Waals surface area contributed by atoms with E-state index in [1.807, 2.05) is 18.2 Å². The fourth-order valence-electron chi connectivity index (χ4n) is 1.64. The molecule has 0 unspecified atom stereocenters. The van der Waals surface area contributed by atoms with Gasteiger partial charge in [0, 0.05) is 21.3 Å². The molecule has 0 amide bonds. The second-order valence-electron chi connectivity index (χ2n) is 4.04. The van der Waals surface area contributed by atoms with Gasteiger partial charge >= 0.3 is 0 Å². The van der Waals surface area contributed by atoms with Gasteiger partial charge in [0.15, 0.2) is 0 Å². The summed E-state index contributed by atoms with van der Waals surface area (Å²) >= 11 is 6.87. The Labute approximate surface area is 136 Å². The molecule has 0 aliphatic rings. The Hall–Kier alpha value is -2.00. The van der Waals surface area contributed by atoms with Crippen LogP contribution >= 0.6 is 31.9 Å². The predicted molar refractivity (Wildman–Crippen MR) is 86.5 cm³/mol. The SMILES string of the molecule is Nc1nc(Nc2ccc(Br)cc2Br)nc(-n2ccnc2)n1. The molecule has 3 N–H and O–H groups in total. The fourth-order valence-corrected chi connectivity index (χ4v) is 2.79. The molecule has 1 aromatic carbocycles. The van der Waals surface area contributed by atoms with Crippen LogP contribution in [0.15, 0.2) is 45.9 Å². The predicted octanol–water partition coefficient (Wildman–Crippen LogP) is 2.91. The number of rotatable bonds is 3. The summed E-state index contributed by atoms with van der Waals surface area (Å²) in [5.41, 5.74) is 6.55. The highest BCUT2D eigenvalue weighted by Crippen LogP contribution is 2.28. The largest absolute Gasteiger partial charge is 0.368 e. The number of aromatic nitrogens is 5. The van der Waals surface area contributed by atoms with E-state index in [9.17, 15) is 0 Å². The van der Waals surface area contributed by atoms with E-state index in [4.69, 9.17) is 5.73 Å². The lowest BCUT2D eigenvalue weighted by molar-refractivity contribution is 0.906. The van der Waals surface area contributed by atoms with E-state index in [-0.39, 0.29) is 5.95 Å². The minimum Gasteiger partial charge on any atom is -0.368 e. The Morgan fingerprint density at radius 3 is 2.71 bits per heavy atom. The maximum absolute atomic E-state index is 5.73. The highest BCUT2D eigenvalue weighted by Gasteiger charge is 2.08. The van der Waals surface area contributed by atoms with Crippen LogP contribution in [-0.2, 0) is 0 Å². The number of nitrogens with zero attached hydrogens (tertiary/aromatic N) is 5. The second kappa shape index (κ2) is 5.78. The first-order valence-electron chi connectivity index (χ1n) is 5.84. The third-order valence-electron chi connectivity index (χ3n) is 2.55. The molecule has 0 bridgehead atoms. The lowest BCUT2D eigenvalue weighted by Crippen LogP contribution is -2.08. The van der Waals surface area contributed by atoms with Gasteiger partial charge in [-0.1, -0.05) is 15.9 Å². The van der Waals surface area contributed by atoms with Gasteiger partial charge in [0.2, 0.25) is 17.8 Å². The summed E-state index contributed by atoms with van der Waals surface area (Å²) in [6.45, 7) is 0. The van der Waals surface area contributed by atoms with Gasteiger partial charge in [0.25, 0.3) is 0 Å². The van der Waals surface area contributed by atoms with Gasteiger partial charge in [-0.25, -0.2) is 4.98 Å². The number of benzene rings is 1. The van der Waals surface area contributed by atoms with E-state index in [1.165, 1.54) is 0 Å². The topological polar surface area (TPSA) is 94.5 Å². The van der Waals surface area contributed by atoms with Gasteiger partial charge in [-0.2, -0.15) is 15.0 Å². The van der Waals surface area contributed by atoms with Gasteiger partial charge in [-0.15, -0.1) is 0 Å². The van der Waals surface area contributed by atoms with Crippen molar-refractivity contribution in [2.24, 2.45) is 0 Å². The quantitative estimate of drug-likeness (QED) is 0.689. The number of nitrogens with one attached hydrogen (secondary N) is 1. The highest BCUT2D eigenvalue weighted by atomic mass is 79.9. The van der Waals surface area contributed by atoms with Crippen molar-refractivity contribution in [3.05, 3.63) is 45.9 Å². The summed E-state index contributed by atoms with van der Waals surface area (Å²) in [5, 5.41) is 3.10. The van der Waals surface area contributed by atoms with E-state index in [0.29, 0.717) is 11.9 Å². The first kappa shape index (κ1) is 14.0. The van der Waals surface area contributed by atoms with Crippen molar-refractivity contribution in [3.63, 3.8) is 0 Å². The molecule has 0 atom stereocenters. The van der Waals surface area contributed by atoms with E-state index in [2.05, 4.69) is 57.1 Å². The summed E-state index contributed by atoms with van der Waals surface area (Å²) < 4.78 is 3.49. The van der Waals surface area contributed by atoms with E-state index in [1.54, 1.807) is 23.3 Å². The summed E-state index contributed by atoms with van der Waals surface area (Å²) in [6, 6.07) is 5.73. The van der Waals surface area contributed by atoms with Crippen molar-refractivity contribution in [2.45, 2.75) is 0 Å². The molecule has 7 nitrogen and oxygen atoms in total. The Bertz CT molecular complexity index is 773. The standard InChI is InChI=1S/C12H9Br2N7/c13-7-1-2-9(8(14)5-7)17-11-18-10(15)19-12(20-11)21-4-3-16-6-21/h1-6H,(H3,15,17,18,19,20). The number of halogens is 2. The van der Waals surface area contributed by atoms with Gasteiger partial charge in [-0.05, 0) is 34.1 Å². The fraction of sp³-hybridized carbons (Fsp3) is 0. The summed E-state index contributed by atoms with van der Waals surface area (Å²) in [7, 11) is 0. The number of imidazole rings is 1. The highest BCUT2D eigenvalue weighted by molar-refractivity contribution is 9.11. The van der Waals surface area contributed by atoms with Gasteiger partial charge in [0.1, 0.15) is 6.33 Å². The van der Waals surface area contributed by atoms with Gasteiger partial charge < -0.3 is 11.1 Å². The van der Waals surface area contributed by atoms with Crippen LogP contribution in [0.5, 0.6) is 0 Å². The van der Waals surface area contributed by atoms with E-state index < -0.39 is 0 Å². The molecule has 0 spiro atoms. The Morgan fingerprint density at radius 1 is 1.14 bits per heavy atom. The van der Waals surface area contributed by atoms with Crippen molar-refractivity contribution < 1.29 is 0 Å². The third kappa shape index (κ3) is 3.19. The minimum absolute atomic E-state index is 0.129. The maximum Gasteiger partial charge on any atom is 0.241 e.